The summed E-state index contributed by atoms with van der Waals surface area (Å²) in [5.41, 5.74) is 3.00. The lowest BCUT2D eigenvalue weighted by Gasteiger charge is -2.11. The van der Waals surface area contributed by atoms with Crippen LogP contribution in [0.1, 0.15) is 104 Å². The highest BCUT2D eigenvalue weighted by molar-refractivity contribution is 4.84. The van der Waals surface area contributed by atoms with Crippen molar-refractivity contribution in [3.8, 4) is 0 Å². The molecular formula is C20H38. The van der Waals surface area contributed by atoms with Gasteiger partial charge in [0.2, 0.25) is 0 Å². The number of allylic oxidation sites excluding steroid dienone is 1. The molecule has 0 bridgehead atoms. The number of hydrogen-bond donors (Lipinski definition) is 0. The zero-order chi connectivity index (χ0) is 14.9. The van der Waals surface area contributed by atoms with Crippen molar-refractivity contribution in [1.29, 1.82) is 0 Å². The van der Waals surface area contributed by atoms with E-state index in [0.29, 0.717) is 0 Å². The summed E-state index contributed by atoms with van der Waals surface area (Å²) in [5, 5.41) is 0. The first-order valence-electron chi connectivity index (χ1n) is 9.21. The number of hydrogen-bond acceptors (Lipinski definition) is 0. The van der Waals surface area contributed by atoms with Crippen LogP contribution in [0.3, 0.4) is 0 Å². The van der Waals surface area contributed by atoms with Gasteiger partial charge in [0.25, 0.3) is 0 Å². The van der Waals surface area contributed by atoms with E-state index in [-0.39, 0.29) is 0 Å². The molecule has 0 amide bonds. The molecule has 1 unspecified atom stereocenters. The van der Waals surface area contributed by atoms with Crippen molar-refractivity contribution < 1.29 is 0 Å². The van der Waals surface area contributed by atoms with Crippen molar-refractivity contribution in [3.05, 3.63) is 18.4 Å². The van der Waals surface area contributed by atoms with Crippen LogP contribution in [0.25, 0.3) is 0 Å². The second-order valence-corrected chi connectivity index (χ2v) is 6.24. The standard InChI is InChI=1S/C20H38/c1-4-7-9-10-11-12-13-14-16-19-20(17-6-3)18-15-8-5-2/h17,20H,3-5,7-16,18-19H2,1-2H3. The average Bonchev–Trinajstić information content (AvgIpc) is 2.45. The van der Waals surface area contributed by atoms with Gasteiger partial charge in [0.05, 0.1) is 0 Å². The minimum atomic E-state index is 0.739. The molecule has 0 saturated carbocycles. The Labute approximate surface area is 128 Å². The van der Waals surface area contributed by atoms with Crippen LogP contribution in [0.15, 0.2) is 18.4 Å². The molecule has 0 aliphatic carbocycles. The Kier molecular flexibility index (Phi) is 16.2. The molecule has 0 rings (SSSR count). The topological polar surface area (TPSA) is 0 Å². The summed E-state index contributed by atoms with van der Waals surface area (Å²) < 4.78 is 0. The molecule has 0 aromatic carbocycles. The third-order valence-corrected chi connectivity index (χ3v) is 4.21. The van der Waals surface area contributed by atoms with E-state index >= 15 is 0 Å². The summed E-state index contributed by atoms with van der Waals surface area (Å²) >= 11 is 0. The van der Waals surface area contributed by atoms with Gasteiger partial charge in [-0.05, 0) is 24.8 Å². The van der Waals surface area contributed by atoms with E-state index in [1.807, 2.05) is 0 Å². The van der Waals surface area contributed by atoms with Gasteiger partial charge >= 0.3 is 0 Å². The Hall–Kier alpha value is -0.480. The molecule has 20 heavy (non-hydrogen) atoms. The van der Waals surface area contributed by atoms with E-state index in [4.69, 9.17) is 0 Å². The molecule has 1 atom stereocenters. The minimum Gasteiger partial charge on any atom is -0.133 e. The molecule has 0 heteroatoms. The Morgan fingerprint density at radius 1 is 0.700 bits per heavy atom. The van der Waals surface area contributed by atoms with E-state index in [2.05, 4.69) is 32.2 Å². The molecule has 0 N–H and O–H groups in total. The maximum Gasteiger partial charge on any atom is -0.0158 e. The second-order valence-electron chi connectivity index (χ2n) is 6.24. The van der Waals surface area contributed by atoms with Gasteiger partial charge in [0.1, 0.15) is 0 Å². The van der Waals surface area contributed by atoms with E-state index < -0.39 is 0 Å². The van der Waals surface area contributed by atoms with E-state index in [0.717, 1.165) is 5.92 Å². The Morgan fingerprint density at radius 3 is 1.60 bits per heavy atom. The zero-order valence-corrected chi connectivity index (χ0v) is 14.3. The highest BCUT2D eigenvalue weighted by Gasteiger charge is 2.04. The molecule has 0 radical (unpaired) electrons. The smallest absolute Gasteiger partial charge is 0.0158 e. The van der Waals surface area contributed by atoms with Crippen molar-refractivity contribution in [2.75, 3.05) is 0 Å². The highest BCUT2D eigenvalue weighted by Crippen LogP contribution is 2.19. The van der Waals surface area contributed by atoms with Crippen molar-refractivity contribution >= 4 is 0 Å². The van der Waals surface area contributed by atoms with Gasteiger partial charge in [-0.2, -0.15) is 0 Å². The third-order valence-electron chi connectivity index (χ3n) is 4.21. The highest BCUT2D eigenvalue weighted by atomic mass is 14.1. The predicted octanol–water partition coefficient (Wildman–Crippen LogP) is 7.44. The Balaban J connectivity index is 3.41. The first kappa shape index (κ1) is 19.5. The van der Waals surface area contributed by atoms with Gasteiger partial charge in [-0.3, -0.25) is 0 Å². The molecule has 0 fully saturated rings. The maximum absolute atomic E-state index is 3.74. The summed E-state index contributed by atoms with van der Waals surface area (Å²) in [4.78, 5) is 0. The van der Waals surface area contributed by atoms with Crippen LogP contribution in [0.4, 0.5) is 0 Å². The zero-order valence-electron chi connectivity index (χ0n) is 14.3. The second kappa shape index (κ2) is 16.6. The molecule has 0 spiro atoms. The Bertz CT molecular complexity index is 222. The van der Waals surface area contributed by atoms with E-state index in [1.54, 1.807) is 0 Å². The maximum atomic E-state index is 3.74. The molecule has 0 aliphatic heterocycles. The van der Waals surface area contributed by atoms with E-state index in [1.165, 1.54) is 89.9 Å². The summed E-state index contributed by atoms with van der Waals surface area (Å²) in [5.74, 6) is 0.739. The quantitative estimate of drug-likeness (QED) is 0.215. The summed E-state index contributed by atoms with van der Waals surface area (Å²) in [6, 6.07) is 0. The van der Waals surface area contributed by atoms with Crippen molar-refractivity contribution in [3.63, 3.8) is 0 Å². The van der Waals surface area contributed by atoms with Crippen LogP contribution in [-0.4, -0.2) is 0 Å². The fraction of sp³-hybridized carbons (Fsp3) is 0.850. The monoisotopic (exact) mass is 278 g/mol. The summed E-state index contributed by atoms with van der Waals surface area (Å²) in [6.07, 6.45) is 21.8. The largest absolute Gasteiger partial charge is 0.133 e. The first-order chi connectivity index (χ1) is 9.85. The lowest BCUT2D eigenvalue weighted by molar-refractivity contribution is 0.471. The third kappa shape index (κ3) is 13.9. The van der Waals surface area contributed by atoms with Crippen LogP contribution in [-0.2, 0) is 0 Å². The van der Waals surface area contributed by atoms with Gasteiger partial charge in [0, 0.05) is 0 Å². The summed E-state index contributed by atoms with van der Waals surface area (Å²) in [7, 11) is 0. The minimum absolute atomic E-state index is 0.739. The molecule has 0 aliphatic rings. The molecule has 118 valence electrons. The van der Waals surface area contributed by atoms with Crippen molar-refractivity contribution in [1.82, 2.24) is 0 Å². The number of unbranched alkanes of at least 4 members (excludes halogenated alkanes) is 10. The Morgan fingerprint density at radius 2 is 1.10 bits per heavy atom. The van der Waals surface area contributed by atoms with Gasteiger partial charge in [0.15, 0.2) is 0 Å². The van der Waals surface area contributed by atoms with Crippen LogP contribution in [0.2, 0.25) is 0 Å². The molecule has 0 nitrogen and oxygen atoms in total. The van der Waals surface area contributed by atoms with Gasteiger partial charge < -0.3 is 0 Å². The van der Waals surface area contributed by atoms with Crippen LogP contribution >= 0.6 is 0 Å². The predicted molar refractivity (Wildman–Crippen MR) is 93.2 cm³/mol. The van der Waals surface area contributed by atoms with Crippen LogP contribution < -0.4 is 0 Å². The lowest BCUT2D eigenvalue weighted by atomic mass is 9.94. The van der Waals surface area contributed by atoms with Crippen molar-refractivity contribution in [2.24, 2.45) is 5.92 Å². The first-order valence-corrected chi connectivity index (χ1v) is 9.21. The molecule has 0 aromatic rings. The molecular weight excluding hydrogens is 240 g/mol. The van der Waals surface area contributed by atoms with Gasteiger partial charge in [-0.1, -0.05) is 97.5 Å². The molecule has 0 heterocycles. The number of rotatable bonds is 15. The van der Waals surface area contributed by atoms with Crippen LogP contribution in [0, 0.1) is 5.92 Å². The van der Waals surface area contributed by atoms with Crippen LogP contribution in [0.5, 0.6) is 0 Å². The van der Waals surface area contributed by atoms with Crippen molar-refractivity contribution in [2.45, 2.75) is 104 Å². The normalized spacial score (nSPS) is 12.1. The lowest BCUT2D eigenvalue weighted by Crippen LogP contribution is -1.96. The fourth-order valence-corrected chi connectivity index (χ4v) is 2.85. The fourth-order valence-electron chi connectivity index (χ4n) is 2.85. The average molecular weight is 279 g/mol. The molecule has 0 saturated heterocycles. The van der Waals surface area contributed by atoms with E-state index in [9.17, 15) is 0 Å². The van der Waals surface area contributed by atoms with Gasteiger partial charge in [-0.15, -0.1) is 5.73 Å². The molecule has 0 aromatic heterocycles. The SMILES string of the molecule is C=C=CC(CCCCC)CCCCCCCCCCC. The van der Waals surface area contributed by atoms with Gasteiger partial charge in [-0.25, -0.2) is 0 Å². The summed E-state index contributed by atoms with van der Waals surface area (Å²) in [6.45, 7) is 8.30.